The Kier molecular flexibility index (Phi) is 3.44. The van der Waals surface area contributed by atoms with Gasteiger partial charge in [0.1, 0.15) is 5.82 Å². The van der Waals surface area contributed by atoms with Crippen molar-refractivity contribution in [2.75, 3.05) is 25.9 Å². The number of piperidine rings is 1. The molecule has 0 aliphatic carbocycles. The summed E-state index contributed by atoms with van der Waals surface area (Å²) in [6.45, 7) is 2.28. The van der Waals surface area contributed by atoms with Crippen molar-refractivity contribution in [3.63, 3.8) is 0 Å². The molecule has 88 valence electrons. The largest absolute Gasteiger partial charge is 0.396 e. The first-order chi connectivity index (χ1) is 7.66. The number of rotatable bonds is 2. The van der Waals surface area contributed by atoms with Crippen LogP contribution in [0, 0.1) is 11.7 Å². The topological polar surface area (TPSA) is 29.3 Å². The van der Waals surface area contributed by atoms with E-state index in [9.17, 15) is 4.39 Å². The van der Waals surface area contributed by atoms with Crippen LogP contribution in [0.4, 0.5) is 10.1 Å². The monoisotopic (exact) mass is 222 g/mol. The Morgan fingerprint density at radius 3 is 2.75 bits per heavy atom. The van der Waals surface area contributed by atoms with Gasteiger partial charge in [-0.3, -0.25) is 0 Å². The first-order valence-electron chi connectivity index (χ1n) is 5.88. The van der Waals surface area contributed by atoms with Crippen LogP contribution in [0.25, 0.3) is 0 Å². The zero-order chi connectivity index (χ0) is 11.5. The summed E-state index contributed by atoms with van der Waals surface area (Å²) in [5, 5.41) is 0. The molecule has 1 aliphatic rings. The van der Waals surface area contributed by atoms with E-state index in [4.69, 9.17) is 5.73 Å². The van der Waals surface area contributed by atoms with Crippen molar-refractivity contribution in [3.05, 3.63) is 29.6 Å². The molecule has 2 nitrogen and oxygen atoms in total. The second-order valence-electron chi connectivity index (χ2n) is 4.76. The smallest absolute Gasteiger partial charge is 0.146 e. The molecule has 0 atom stereocenters. The van der Waals surface area contributed by atoms with Gasteiger partial charge in [-0.2, -0.15) is 0 Å². The molecule has 2 N–H and O–H groups in total. The zero-order valence-corrected chi connectivity index (χ0v) is 9.75. The Labute approximate surface area is 96.2 Å². The Morgan fingerprint density at radius 1 is 1.38 bits per heavy atom. The third-order valence-electron chi connectivity index (χ3n) is 3.49. The summed E-state index contributed by atoms with van der Waals surface area (Å²) in [6.07, 6.45) is 3.29. The quantitative estimate of drug-likeness (QED) is 0.778. The number of anilines is 1. The number of hydrogen-bond acceptors (Lipinski definition) is 2. The molecule has 0 aromatic heterocycles. The summed E-state index contributed by atoms with van der Waals surface area (Å²) in [7, 11) is 2.15. The first kappa shape index (κ1) is 11.4. The van der Waals surface area contributed by atoms with Crippen molar-refractivity contribution in [2.45, 2.75) is 19.3 Å². The summed E-state index contributed by atoms with van der Waals surface area (Å²) in [5.74, 6) is 0.366. The van der Waals surface area contributed by atoms with Crippen LogP contribution in [0.1, 0.15) is 18.4 Å². The Bertz CT molecular complexity index is 357. The molecule has 0 radical (unpaired) electrons. The molecule has 1 saturated heterocycles. The Balaban J connectivity index is 2.01. The van der Waals surface area contributed by atoms with Crippen LogP contribution < -0.4 is 5.73 Å². The van der Waals surface area contributed by atoms with Gasteiger partial charge in [0.05, 0.1) is 5.69 Å². The van der Waals surface area contributed by atoms with E-state index in [0.29, 0.717) is 11.6 Å². The molecule has 1 aromatic carbocycles. The highest BCUT2D eigenvalue weighted by atomic mass is 19.1. The van der Waals surface area contributed by atoms with E-state index < -0.39 is 0 Å². The van der Waals surface area contributed by atoms with E-state index in [-0.39, 0.29) is 5.82 Å². The van der Waals surface area contributed by atoms with Crippen molar-refractivity contribution < 1.29 is 4.39 Å². The molecule has 0 amide bonds. The second kappa shape index (κ2) is 4.83. The summed E-state index contributed by atoms with van der Waals surface area (Å²) in [6, 6.07) is 5.11. The summed E-state index contributed by atoms with van der Waals surface area (Å²) in [5.41, 5.74) is 7.04. The highest BCUT2D eigenvalue weighted by Crippen LogP contribution is 2.25. The van der Waals surface area contributed by atoms with Crippen molar-refractivity contribution in [1.82, 2.24) is 4.90 Å². The predicted molar refractivity (Wildman–Crippen MR) is 64.7 cm³/mol. The Morgan fingerprint density at radius 2 is 2.06 bits per heavy atom. The maximum absolute atomic E-state index is 13.3. The maximum atomic E-state index is 13.3. The summed E-state index contributed by atoms with van der Waals surface area (Å²) >= 11 is 0. The second-order valence-corrected chi connectivity index (χ2v) is 4.76. The SMILES string of the molecule is CN1CCC(Cc2cccc(F)c2N)CC1. The fraction of sp³-hybridized carbons (Fsp3) is 0.538. The van der Waals surface area contributed by atoms with Gasteiger partial charge in [-0.15, -0.1) is 0 Å². The van der Waals surface area contributed by atoms with Crippen molar-refractivity contribution in [3.8, 4) is 0 Å². The van der Waals surface area contributed by atoms with Crippen LogP contribution in [-0.4, -0.2) is 25.0 Å². The van der Waals surface area contributed by atoms with Crippen molar-refractivity contribution in [1.29, 1.82) is 0 Å². The van der Waals surface area contributed by atoms with Gasteiger partial charge in [0.2, 0.25) is 0 Å². The maximum Gasteiger partial charge on any atom is 0.146 e. The van der Waals surface area contributed by atoms with E-state index in [1.54, 1.807) is 6.07 Å². The lowest BCUT2D eigenvalue weighted by atomic mass is 9.90. The number of para-hydroxylation sites is 1. The average Bonchev–Trinajstić information content (AvgIpc) is 2.28. The predicted octanol–water partition coefficient (Wildman–Crippen LogP) is 2.29. The number of nitrogens with zero attached hydrogens (tertiary/aromatic N) is 1. The van der Waals surface area contributed by atoms with Crippen molar-refractivity contribution in [2.24, 2.45) is 5.92 Å². The molecule has 0 bridgehead atoms. The van der Waals surface area contributed by atoms with E-state index in [1.165, 1.54) is 18.9 Å². The van der Waals surface area contributed by atoms with Gasteiger partial charge in [-0.1, -0.05) is 12.1 Å². The van der Waals surface area contributed by atoms with E-state index in [2.05, 4.69) is 11.9 Å². The van der Waals surface area contributed by atoms with Crippen LogP contribution in [0.3, 0.4) is 0 Å². The molecule has 1 aromatic rings. The number of likely N-dealkylation sites (tertiary alicyclic amines) is 1. The van der Waals surface area contributed by atoms with Crippen molar-refractivity contribution >= 4 is 5.69 Å². The molecule has 1 fully saturated rings. The van der Waals surface area contributed by atoms with Gasteiger partial charge in [-0.05, 0) is 56.9 Å². The van der Waals surface area contributed by atoms with Gasteiger partial charge >= 0.3 is 0 Å². The minimum absolute atomic E-state index is 0.287. The lowest BCUT2D eigenvalue weighted by molar-refractivity contribution is 0.219. The fourth-order valence-electron chi connectivity index (χ4n) is 2.34. The number of benzene rings is 1. The summed E-state index contributed by atoms with van der Waals surface area (Å²) < 4.78 is 13.3. The van der Waals surface area contributed by atoms with E-state index in [0.717, 1.165) is 25.1 Å². The third-order valence-corrected chi connectivity index (χ3v) is 3.49. The van der Waals surface area contributed by atoms with Gasteiger partial charge in [0.15, 0.2) is 0 Å². The van der Waals surface area contributed by atoms with Crippen LogP contribution in [-0.2, 0) is 6.42 Å². The molecule has 0 saturated carbocycles. The van der Waals surface area contributed by atoms with Crippen LogP contribution in [0.15, 0.2) is 18.2 Å². The lowest BCUT2D eigenvalue weighted by Crippen LogP contribution is -2.31. The number of hydrogen-bond donors (Lipinski definition) is 1. The normalized spacial score (nSPS) is 18.9. The average molecular weight is 222 g/mol. The molecule has 1 aliphatic heterocycles. The van der Waals surface area contributed by atoms with E-state index in [1.807, 2.05) is 6.07 Å². The number of nitrogens with two attached hydrogens (primary N) is 1. The van der Waals surface area contributed by atoms with Gasteiger partial charge in [-0.25, -0.2) is 4.39 Å². The van der Waals surface area contributed by atoms with Gasteiger partial charge in [0, 0.05) is 0 Å². The highest BCUT2D eigenvalue weighted by molar-refractivity contribution is 5.48. The molecule has 0 unspecified atom stereocenters. The molecule has 3 heteroatoms. The minimum Gasteiger partial charge on any atom is -0.396 e. The van der Waals surface area contributed by atoms with E-state index >= 15 is 0 Å². The molecular weight excluding hydrogens is 203 g/mol. The first-order valence-corrected chi connectivity index (χ1v) is 5.88. The van der Waals surface area contributed by atoms with Crippen LogP contribution >= 0.6 is 0 Å². The van der Waals surface area contributed by atoms with Gasteiger partial charge < -0.3 is 10.6 Å². The highest BCUT2D eigenvalue weighted by Gasteiger charge is 2.18. The Hall–Kier alpha value is -1.09. The number of halogens is 1. The van der Waals surface area contributed by atoms with Crippen LogP contribution in [0.2, 0.25) is 0 Å². The minimum atomic E-state index is -0.287. The summed E-state index contributed by atoms with van der Waals surface area (Å²) in [4.78, 5) is 2.34. The molecule has 0 spiro atoms. The molecule has 2 rings (SSSR count). The standard InChI is InChI=1S/C13H19FN2/c1-16-7-5-10(6-8-16)9-11-3-2-4-12(14)13(11)15/h2-4,10H,5-9,15H2,1H3. The zero-order valence-electron chi connectivity index (χ0n) is 9.75. The molecule has 16 heavy (non-hydrogen) atoms. The molecular formula is C13H19FN2. The molecule has 1 heterocycles. The lowest BCUT2D eigenvalue weighted by Gasteiger charge is -2.29. The van der Waals surface area contributed by atoms with Gasteiger partial charge in [0.25, 0.3) is 0 Å². The van der Waals surface area contributed by atoms with Crippen LogP contribution in [0.5, 0.6) is 0 Å². The number of nitrogen functional groups attached to an aromatic ring is 1. The fourth-order valence-corrected chi connectivity index (χ4v) is 2.34. The third kappa shape index (κ3) is 2.53.